The van der Waals surface area contributed by atoms with Gasteiger partial charge in [0.05, 0.1) is 5.69 Å². The van der Waals surface area contributed by atoms with Crippen molar-refractivity contribution in [2.75, 3.05) is 18.6 Å². The van der Waals surface area contributed by atoms with Crippen molar-refractivity contribution in [3.63, 3.8) is 0 Å². The Labute approximate surface area is 96.2 Å². The molecule has 1 aromatic rings. The van der Waals surface area contributed by atoms with Crippen molar-refractivity contribution >= 4 is 34.2 Å². The first kappa shape index (κ1) is 9.76. The summed E-state index contributed by atoms with van der Waals surface area (Å²) in [6.07, 6.45) is 0. The zero-order valence-electron chi connectivity index (χ0n) is 7.79. The van der Waals surface area contributed by atoms with E-state index in [4.69, 9.17) is 4.74 Å². The SMILES string of the molecule is CN1C(=O)COc2ccc(CI)cc21. The molecule has 1 amide bonds. The Morgan fingerprint density at radius 1 is 1.57 bits per heavy atom. The summed E-state index contributed by atoms with van der Waals surface area (Å²) in [5, 5.41) is 0. The summed E-state index contributed by atoms with van der Waals surface area (Å²) in [4.78, 5) is 13.0. The van der Waals surface area contributed by atoms with Crippen molar-refractivity contribution in [3.05, 3.63) is 23.8 Å². The molecule has 0 N–H and O–H groups in total. The lowest BCUT2D eigenvalue weighted by Gasteiger charge is -2.26. The van der Waals surface area contributed by atoms with Crippen LogP contribution in [0.15, 0.2) is 18.2 Å². The second-order valence-corrected chi connectivity index (χ2v) is 3.94. The first-order valence-corrected chi connectivity index (χ1v) is 5.83. The molecule has 0 bridgehead atoms. The van der Waals surface area contributed by atoms with E-state index in [1.165, 1.54) is 5.56 Å². The van der Waals surface area contributed by atoms with E-state index in [0.29, 0.717) is 0 Å². The van der Waals surface area contributed by atoms with Crippen LogP contribution in [-0.2, 0) is 9.22 Å². The summed E-state index contributed by atoms with van der Waals surface area (Å²) in [5.41, 5.74) is 2.07. The van der Waals surface area contributed by atoms with Crippen molar-refractivity contribution in [2.45, 2.75) is 4.43 Å². The molecular weight excluding hydrogens is 293 g/mol. The summed E-state index contributed by atoms with van der Waals surface area (Å²) in [7, 11) is 1.78. The number of carbonyl (C=O) groups is 1. The lowest BCUT2D eigenvalue weighted by atomic mass is 10.2. The molecule has 14 heavy (non-hydrogen) atoms. The van der Waals surface area contributed by atoms with Crippen LogP contribution in [-0.4, -0.2) is 19.6 Å². The Morgan fingerprint density at radius 2 is 2.36 bits per heavy atom. The van der Waals surface area contributed by atoms with E-state index in [2.05, 4.69) is 22.6 Å². The van der Waals surface area contributed by atoms with Gasteiger partial charge in [0.15, 0.2) is 6.61 Å². The minimum absolute atomic E-state index is 0.00288. The normalized spacial score (nSPS) is 15.0. The molecule has 0 fully saturated rings. The van der Waals surface area contributed by atoms with Gasteiger partial charge in [0, 0.05) is 11.5 Å². The van der Waals surface area contributed by atoms with Crippen LogP contribution in [0.4, 0.5) is 5.69 Å². The van der Waals surface area contributed by atoms with Crippen LogP contribution in [0.5, 0.6) is 5.75 Å². The van der Waals surface area contributed by atoms with E-state index in [1.807, 2.05) is 18.2 Å². The predicted octanol–water partition coefficient (Wildman–Crippen LogP) is 1.98. The zero-order valence-corrected chi connectivity index (χ0v) is 9.95. The van der Waals surface area contributed by atoms with Gasteiger partial charge < -0.3 is 9.64 Å². The van der Waals surface area contributed by atoms with Crippen molar-refractivity contribution in [3.8, 4) is 5.75 Å². The van der Waals surface area contributed by atoms with Gasteiger partial charge in [-0.1, -0.05) is 28.7 Å². The number of likely N-dealkylation sites (N-methyl/N-ethyl adjacent to an activating group) is 1. The summed E-state index contributed by atoms with van der Waals surface area (Å²) in [6, 6.07) is 5.94. The highest BCUT2D eigenvalue weighted by atomic mass is 127. The van der Waals surface area contributed by atoms with Crippen LogP contribution in [0.3, 0.4) is 0 Å². The number of amides is 1. The molecule has 2 rings (SSSR count). The average Bonchev–Trinajstić information content (AvgIpc) is 2.23. The summed E-state index contributed by atoms with van der Waals surface area (Å²) >= 11 is 2.30. The number of rotatable bonds is 1. The lowest BCUT2D eigenvalue weighted by molar-refractivity contribution is -0.120. The van der Waals surface area contributed by atoms with Crippen molar-refractivity contribution in [1.29, 1.82) is 0 Å². The minimum Gasteiger partial charge on any atom is -0.482 e. The Kier molecular flexibility index (Phi) is 2.62. The molecule has 1 aromatic carbocycles. The fraction of sp³-hybridized carbons (Fsp3) is 0.300. The van der Waals surface area contributed by atoms with Crippen molar-refractivity contribution in [2.24, 2.45) is 0 Å². The van der Waals surface area contributed by atoms with E-state index in [1.54, 1.807) is 11.9 Å². The number of hydrogen-bond acceptors (Lipinski definition) is 2. The van der Waals surface area contributed by atoms with Gasteiger partial charge in [-0.25, -0.2) is 0 Å². The third-order valence-electron chi connectivity index (χ3n) is 2.26. The number of carbonyl (C=O) groups excluding carboxylic acids is 1. The van der Waals surface area contributed by atoms with Crippen molar-refractivity contribution in [1.82, 2.24) is 0 Å². The Hall–Kier alpha value is -0.780. The van der Waals surface area contributed by atoms with Gasteiger partial charge in [0.25, 0.3) is 5.91 Å². The molecule has 1 heterocycles. The first-order chi connectivity index (χ1) is 6.72. The molecule has 0 saturated heterocycles. The lowest BCUT2D eigenvalue weighted by Crippen LogP contribution is -2.35. The molecule has 1 aliphatic rings. The highest BCUT2D eigenvalue weighted by Crippen LogP contribution is 2.32. The molecule has 0 spiro atoms. The molecule has 0 unspecified atom stereocenters. The maximum atomic E-state index is 11.4. The van der Waals surface area contributed by atoms with Gasteiger partial charge >= 0.3 is 0 Å². The van der Waals surface area contributed by atoms with Gasteiger partial charge in [-0.15, -0.1) is 0 Å². The van der Waals surface area contributed by atoms with E-state index < -0.39 is 0 Å². The Balaban J connectivity index is 2.46. The van der Waals surface area contributed by atoms with Crippen LogP contribution >= 0.6 is 22.6 Å². The number of halogens is 1. The summed E-state index contributed by atoms with van der Waals surface area (Å²) < 4.78 is 6.25. The number of fused-ring (bicyclic) bond motifs is 1. The van der Waals surface area contributed by atoms with Crippen molar-refractivity contribution < 1.29 is 9.53 Å². The molecule has 74 valence electrons. The molecule has 0 saturated carbocycles. The molecule has 4 heteroatoms. The maximum absolute atomic E-state index is 11.4. The quantitative estimate of drug-likeness (QED) is 0.586. The van der Waals surface area contributed by atoms with Crippen LogP contribution < -0.4 is 9.64 Å². The highest BCUT2D eigenvalue weighted by Gasteiger charge is 2.21. The molecule has 0 atom stereocenters. The number of benzene rings is 1. The third-order valence-corrected chi connectivity index (χ3v) is 3.15. The Bertz CT molecular complexity index is 378. The average molecular weight is 303 g/mol. The second kappa shape index (κ2) is 3.76. The maximum Gasteiger partial charge on any atom is 0.264 e. The van der Waals surface area contributed by atoms with Crippen LogP contribution in [0.2, 0.25) is 0 Å². The minimum atomic E-state index is 0.00288. The van der Waals surface area contributed by atoms with Gasteiger partial charge in [-0.2, -0.15) is 0 Å². The van der Waals surface area contributed by atoms with Gasteiger partial charge in [0.1, 0.15) is 5.75 Å². The fourth-order valence-electron chi connectivity index (χ4n) is 1.40. The van der Waals surface area contributed by atoms with E-state index in [9.17, 15) is 4.79 Å². The third kappa shape index (κ3) is 1.58. The first-order valence-electron chi connectivity index (χ1n) is 4.30. The molecule has 0 aliphatic carbocycles. The zero-order chi connectivity index (χ0) is 10.1. The number of hydrogen-bond donors (Lipinski definition) is 0. The van der Waals surface area contributed by atoms with E-state index in [0.717, 1.165) is 15.9 Å². The van der Waals surface area contributed by atoms with Crippen LogP contribution in [0.25, 0.3) is 0 Å². The molecular formula is C10H10INO2. The number of anilines is 1. The summed E-state index contributed by atoms with van der Waals surface area (Å²) in [5.74, 6) is 0.795. The standard InChI is InChI=1S/C10H10INO2/c1-12-8-4-7(5-11)2-3-9(8)14-6-10(12)13/h2-4H,5-6H2,1H3. The number of alkyl halides is 1. The van der Waals surface area contributed by atoms with E-state index in [-0.39, 0.29) is 12.5 Å². The van der Waals surface area contributed by atoms with Crippen LogP contribution in [0, 0.1) is 0 Å². The molecule has 0 radical (unpaired) electrons. The van der Waals surface area contributed by atoms with E-state index >= 15 is 0 Å². The predicted molar refractivity (Wildman–Crippen MR) is 63.1 cm³/mol. The second-order valence-electron chi connectivity index (χ2n) is 3.18. The highest BCUT2D eigenvalue weighted by molar-refractivity contribution is 14.1. The van der Waals surface area contributed by atoms with Gasteiger partial charge in [-0.3, -0.25) is 4.79 Å². The Morgan fingerprint density at radius 3 is 3.07 bits per heavy atom. The topological polar surface area (TPSA) is 29.5 Å². The molecule has 0 aromatic heterocycles. The number of nitrogens with zero attached hydrogens (tertiary/aromatic N) is 1. The molecule has 1 aliphatic heterocycles. The smallest absolute Gasteiger partial charge is 0.264 e. The number of ether oxygens (including phenoxy) is 1. The fourth-order valence-corrected chi connectivity index (χ4v) is 1.88. The van der Waals surface area contributed by atoms with Crippen LogP contribution in [0.1, 0.15) is 5.56 Å². The van der Waals surface area contributed by atoms with Gasteiger partial charge in [-0.05, 0) is 17.7 Å². The summed E-state index contributed by atoms with van der Waals surface area (Å²) in [6.45, 7) is 0.146. The monoisotopic (exact) mass is 303 g/mol. The largest absolute Gasteiger partial charge is 0.482 e. The molecule has 3 nitrogen and oxygen atoms in total. The van der Waals surface area contributed by atoms with Gasteiger partial charge in [0.2, 0.25) is 0 Å².